The molecule has 1 aliphatic carbocycles. The number of aromatic nitrogens is 2. The number of alkyl carbamates (subject to hydrolysis) is 2. The van der Waals surface area contributed by atoms with E-state index in [1.807, 2.05) is 29.3 Å². The third-order valence-electron chi connectivity index (χ3n) is 8.09. The summed E-state index contributed by atoms with van der Waals surface area (Å²) in [5.41, 5.74) is 3.94. The summed E-state index contributed by atoms with van der Waals surface area (Å²) in [7, 11) is 0. The van der Waals surface area contributed by atoms with Gasteiger partial charge in [-0.3, -0.25) is 4.79 Å². The topological polar surface area (TPSA) is 115 Å². The van der Waals surface area contributed by atoms with Gasteiger partial charge in [-0.25, -0.2) is 19.2 Å². The molecule has 3 aromatic carbocycles. The molecule has 0 radical (unpaired) electrons. The van der Waals surface area contributed by atoms with Gasteiger partial charge in [-0.2, -0.15) is 0 Å². The highest BCUT2D eigenvalue weighted by atomic mass is 35.5. The molecule has 2 heterocycles. The number of carbonyl (C=O) groups is 2. The van der Waals surface area contributed by atoms with Gasteiger partial charge in [-0.05, 0) is 68.5 Å². The minimum absolute atomic E-state index is 0.0865. The Kier molecular flexibility index (Phi) is 8.18. The van der Waals surface area contributed by atoms with Gasteiger partial charge in [-0.1, -0.05) is 66.2 Å². The van der Waals surface area contributed by atoms with Crippen LogP contribution in [0.3, 0.4) is 0 Å². The zero-order chi connectivity index (χ0) is 31.9. The highest BCUT2D eigenvalue weighted by Gasteiger charge is 2.32. The summed E-state index contributed by atoms with van der Waals surface area (Å²) in [6, 6.07) is 20.4. The Labute approximate surface area is 266 Å². The van der Waals surface area contributed by atoms with Crippen LogP contribution < -0.4 is 21.2 Å². The molecule has 234 valence electrons. The first-order valence-electron chi connectivity index (χ1n) is 15.1. The Morgan fingerprint density at radius 1 is 1.00 bits per heavy atom. The number of rotatable bonds is 6. The van der Waals surface area contributed by atoms with Gasteiger partial charge in [0.25, 0.3) is 5.56 Å². The van der Waals surface area contributed by atoms with Gasteiger partial charge < -0.3 is 25.1 Å². The molecule has 0 bridgehead atoms. The van der Waals surface area contributed by atoms with Crippen LogP contribution in [0.1, 0.15) is 63.0 Å². The molecule has 1 unspecified atom stereocenters. The van der Waals surface area contributed by atoms with Gasteiger partial charge >= 0.3 is 12.2 Å². The Bertz CT molecular complexity index is 1790. The second-order valence-electron chi connectivity index (χ2n) is 12.5. The van der Waals surface area contributed by atoms with Gasteiger partial charge in [0.05, 0.1) is 34.6 Å². The third kappa shape index (κ3) is 6.20. The van der Waals surface area contributed by atoms with Gasteiger partial charge in [-0.15, -0.1) is 0 Å². The zero-order valence-corrected chi connectivity index (χ0v) is 26.4. The molecule has 45 heavy (non-hydrogen) atoms. The maximum atomic E-state index is 13.9. The van der Waals surface area contributed by atoms with Crippen LogP contribution in [0.4, 0.5) is 9.59 Å². The van der Waals surface area contributed by atoms with Crippen LogP contribution in [-0.4, -0.2) is 53.2 Å². The van der Waals surface area contributed by atoms with Crippen LogP contribution in [0.2, 0.25) is 5.02 Å². The molecule has 2 amide bonds. The van der Waals surface area contributed by atoms with Gasteiger partial charge in [0.15, 0.2) is 5.82 Å². The molecular weight excluding hydrogens is 594 g/mol. The van der Waals surface area contributed by atoms with Crippen molar-refractivity contribution in [3.63, 3.8) is 0 Å². The number of amides is 2. The van der Waals surface area contributed by atoms with Crippen molar-refractivity contribution in [2.75, 3.05) is 24.7 Å². The number of nitrogens with zero attached hydrogens (tertiary/aromatic N) is 3. The van der Waals surface area contributed by atoms with E-state index in [1.165, 1.54) is 4.68 Å². The van der Waals surface area contributed by atoms with Crippen molar-refractivity contribution in [2.45, 2.75) is 57.7 Å². The molecule has 1 aliphatic heterocycles. The zero-order valence-electron chi connectivity index (χ0n) is 25.7. The highest BCUT2D eigenvalue weighted by Crippen LogP contribution is 2.44. The summed E-state index contributed by atoms with van der Waals surface area (Å²) in [6.45, 7) is 8.11. The average Bonchev–Trinajstić information content (AvgIpc) is 3.57. The first kappa shape index (κ1) is 30.5. The smallest absolute Gasteiger partial charge is 0.407 e. The number of fused-ring (bicyclic) bond motifs is 4. The number of carbonyl (C=O) groups excluding carboxylic acids is 2. The number of halogens is 1. The summed E-state index contributed by atoms with van der Waals surface area (Å²) in [6.07, 6.45) is -0.561. The number of nitrogens with one attached hydrogen (secondary N) is 2. The first-order chi connectivity index (χ1) is 21.5. The lowest BCUT2D eigenvalue weighted by Gasteiger charge is -2.27. The van der Waals surface area contributed by atoms with Crippen molar-refractivity contribution in [1.29, 1.82) is 0 Å². The number of benzene rings is 3. The van der Waals surface area contributed by atoms with Crippen molar-refractivity contribution in [3.8, 4) is 11.1 Å². The number of hydrogen-bond donors (Lipinski definition) is 2. The van der Waals surface area contributed by atoms with E-state index in [0.29, 0.717) is 30.9 Å². The Balaban J connectivity index is 1.22. The first-order valence-corrected chi connectivity index (χ1v) is 15.5. The van der Waals surface area contributed by atoms with E-state index in [9.17, 15) is 14.4 Å². The second kappa shape index (κ2) is 12.1. The highest BCUT2D eigenvalue weighted by molar-refractivity contribution is 6.35. The maximum absolute atomic E-state index is 13.9. The maximum Gasteiger partial charge on any atom is 0.407 e. The van der Waals surface area contributed by atoms with E-state index >= 15 is 0 Å². The fraction of sp³-hybridized carbons (Fsp3) is 0.353. The molecule has 2 N–H and O–H groups in total. The van der Waals surface area contributed by atoms with Gasteiger partial charge in [0.2, 0.25) is 0 Å². The minimum Gasteiger partial charge on any atom is -0.449 e. The quantitative estimate of drug-likeness (QED) is 0.274. The monoisotopic (exact) mass is 629 g/mol. The number of hydrogen-bond acceptors (Lipinski definition) is 7. The summed E-state index contributed by atoms with van der Waals surface area (Å²) >= 11 is 6.46. The minimum atomic E-state index is -0.699. The van der Waals surface area contributed by atoms with Crippen LogP contribution in [0.15, 0.2) is 71.5 Å². The van der Waals surface area contributed by atoms with E-state index in [0.717, 1.165) is 22.3 Å². The summed E-state index contributed by atoms with van der Waals surface area (Å²) in [5.74, 6) is 0.234. The Morgan fingerprint density at radius 2 is 1.67 bits per heavy atom. The van der Waals surface area contributed by atoms with Crippen LogP contribution >= 0.6 is 11.6 Å². The molecule has 0 saturated carbocycles. The van der Waals surface area contributed by atoms with E-state index in [1.54, 1.807) is 45.9 Å². The van der Waals surface area contributed by atoms with Gasteiger partial charge in [0.1, 0.15) is 12.2 Å². The Morgan fingerprint density at radius 3 is 2.33 bits per heavy atom. The van der Waals surface area contributed by atoms with E-state index in [4.69, 9.17) is 26.1 Å². The van der Waals surface area contributed by atoms with E-state index in [2.05, 4.69) is 34.9 Å². The second-order valence-corrected chi connectivity index (χ2v) is 12.9. The molecule has 4 aromatic rings. The van der Waals surface area contributed by atoms with Gasteiger partial charge in [0, 0.05) is 12.5 Å². The van der Waals surface area contributed by atoms with Crippen LogP contribution in [-0.2, 0) is 9.47 Å². The molecule has 1 saturated heterocycles. The fourth-order valence-corrected chi connectivity index (χ4v) is 6.40. The lowest BCUT2D eigenvalue weighted by Crippen LogP contribution is -2.47. The van der Waals surface area contributed by atoms with Crippen LogP contribution in [0, 0.1) is 0 Å². The fourth-order valence-electron chi connectivity index (χ4n) is 6.15. The molecule has 2 atom stereocenters. The molecule has 1 fully saturated rings. The molecule has 11 heteroatoms. The van der Waals surface area contributed by atoms with Crippen molar-refractivity contribution in [1.82, 2.24) is 20.3 Å². The molecule has 1 aromatic heterocycles. The van der Waals surface area contributed by atoms with Crippen molar-refractivity contribution in [3.05, 3.63) is 99.1 Å². The predicted molar refractivity (Wildman–Crippen MR) is 173 cm³/mol. The molecule has 0 spiro atoms. The molecule has 6 rings (SSSR count). The summed E-state index contributed by atoms with van der Waals surface area (Å²) in [5, 5.41) is 8.13. The van der Waals surface area contributed by atoms with E-state index in [-0.39, 0.29) is 34.5 Å². The van der Waals surface area contributed by atoms with Crippen molar-refractivity contribution >= 4 is 34.7 Å². The lowest BCUT2D eigenvalue weighted by atomic mass is 9.98. The summed E-state index contributed by atoms with van der Waals surface area (Å²) in [4.78, 5) is 44.3. The number of ether oxygens (including phenoxy) is 2. The van der Waals surface area contributed by atoms with E-state index < -0.39 is 23.8 Å². The van der Waals surface area contributed by atoms with Crippen LogP contribution in [0.5, 0.6) is 0 Å². The predicted octanol–water partition coefficient (Wildman–Crippen LogP) is 5.88. The average molecular weight is 630 g/mol. The van der Waals surface area contributed by atoms with Crippen molar-refractivity contribution in [2.24, 2.45) is 0 Å². The SMILES string of the molecule is CC(NC(=O)OCC1c2ccccc2-c2ccccc21)c1nc2cccc(Cl)c2c(=O)n1N1CC[C@H](NC(=O)OC(C)(C)C)C1. The van der Waals surface area contributed by atoms with Crippen molar-refractivity contribution < 1.29 is 19.1 Å². The largest absolute Gasteiger partial charge is 0.449 e. The standard InChI is InChI=1S/C34H36ClN5O5/c1-20(36-32(42)44-19-26-24-12-7-5-10-22(24)23-11-6-8-13-25(23)26)30-38-28-15-9-14-27(35)29(28)31(41)40(30)39-17-16-21(18-39)37-33(43)45-34(2,3)4/h5-15,20-21,26H,16-19H2,1-4H3,(H,36,42)(H,37,43)/t20?,21-/m0/s1. The molecule has 10 nitrogen and oxygen atoms in total. The lowest BCUT2D eigenvalue weighted by molar-refractivity contribution is 0.0508. The molecule has 2 aliphatic rings. The Hall–Kier alpha value is -4.57. The summed E-state index contributed by atoms with van der Waals surface area (Å²) < 4.78 is 12.6. The normalized spacial score (nSPS) is 16.6. The third-order valence-corrected chi connectivity index (χ3v) is 8.40. The van der Waals surface area contributed by atoms with Crippen LogP contribution in [0.25, 0.3) is 22.0 Å². The molecular formula is C34H36ClN5O5.